The number of carbonyl (C=O) groups is 1. The number of nitrogens with one attached hydrogen (secondary N) is 2. The van der Waals surface area contributed by atoms with Gasteiger partial charge in [0.2, 0.25) is 5.91 Å². The van der Waals surface area contributed by atoms with Gasteiger partial charge < -0.3 is 20.0 Å². The molecule has 0 spiro atoms. The molecule has 1 fully saturated rings. The van der Waals surface area contributed by atoms with Crippen molar-refractivity contribution in [3.8, 4) is 0 Å². The summed E-state index contributed by atoms with van der Waals surface area (Å²) < 4.78 is 5.74. The number of likely N-dealkylation sites (N-methyl/N-ethyl adjacent to an activating group) is 1. The lowest BCUT2D eigenvalue weighted by molar-refractivity contribution is -0.127. The molecule has 0 aliphatic carbocycles. The molecular formula is C23H33N5O2. The number of piperidine rings is 1. The molecule has 30 heavy (non-hydrogen) atoms. The van der Waals surface area contributed by atoms with Gasteiger partial charge >= 0.3 is 0 Å². The maximum Gasteiger partial charge on any atom is 0.241 e. The normalized spacial score (nSPS) is 16.1. The Morgan fingerprint density at radius 3 is 2.53 bits per heavy atom. The van der Waals surface area contributed by atoms with E-state index >= 15 is 0 Å². The molecule has 0 radical (unpaired) electrons. The number of hydrogen-bond donors (Lipinski definition) is 2. The summed E-state index contributed by atoms with van der Waals surface area (Å²) in [5.74, 6) is 1.58. The van der Waals surface area contributed by atoms with Crippen LogP contribution in [0, 0.1) is 0 Å². The number of rotatable bonds is 8. The van der Waals surface area contributed by atoms with Crippen LogP contribution in [0.5, 0.6) is 0 Å². The van der Waals surface area contributed by atoms with E-state index in [2.05, 4.69) is 15.5 Å². The predicted molar refractivity (Wildman–Crippen MR) is 119 cm³/mol. The lowest BCUT2D eigenvalue weighted by Gasteiger charge is -2.33. The fourth-order valence-electron chi connectivity index (χ4n) is 3.56. The van der Waals surface area contributed by atoms with Crippen LogP contribution < -0.4 is 10.6 Å². The number of benzene rings is 1. The molecule has 1 aliphatic rings. The molecule has 2 aromatic rings. The zero-order valence-electron chi connectivity index (χ0n) is 18.0. The Morgan fingerprint density at radius 2 is 1.87 bits per heavy atom. The first-order valence-corrected chi connectivity index (χ1v) is 10.7. The highest BCUT2D eigenvalue weighted by atomic mass is 16.3. The third-order valence-corrected chi connectivity index (χ3v) is 5.33. The average molecular weight is 412 g/mol. The number of hydrogen-bond acceptors (Lipinski definition) is 4. The molecule has 2 N–H and O–H groups in total. The van der Waals surface area contributed by atoms with Crippen LogP contribution in [0.4, 0.5) is 0 Å². The van der Waals surface area contributed by atoms with E-state index in [1.807, 2.05) is 42.5 Å². The fraction of sp³-hybridized carbons (Fsp3) is 0.478. The summed E-state index contributed by atoms with van der Waals surface area (Å²) in [7, 11) is 3.50. The Morgan fingerprint density at radius 1 is 1.10 bits per heavy atom. The highest BCUT2D eigenvalue weighted by molar-refractivity contribution is 5.86. The second-order valence-electron chi connectivity index (χ2n) is 7.80. The van der Waals surface area contributed by atoms with Crippen LogP contribution in [0.3, 0.4) is 0 Å². The standard InChI is InChI=1S/C23H33N5O2/c1-27(2)22(29)18-26-23(24-16-19-10-5-3-6-11-19)25-17-20(21-12-9-15-30-21)28-13-7-4-8-14-28/h3,5-6,9-12,15,20H,4,7-8,13-14,16-18H2,1-2H3,(H2,24,25,26). The molecule has 1 aliphatic heterocycles. The Balaban J connectivity index is 1.68. The molecule has 3 rings (SSSR count). The summed E-state index contributed by atoms with van der Waals surface area (Å²) in [6.07, 6.45) is 5.43. The second kappa shape index (κ2) is 11.4. The van der Waals surface area contributed by atoms with E-state index in [4.69, 9.17) is 9.41 Å². The monoisotopic (exact) mass is 411 g/mol. The van der Waals surface area contributed by atoms with Crippen LogP contribution in [0.25, 0.3) is 0 Å². The highest BCUT2D eigenvalue weighted by Gasteiger charge is 2.24. The summed E-state index contributed by atoms with van der Waals surface area (Å²) >= 11 is 0. The third kappa shape index (κ3) is 6.62. The minimum absolute atomic E-state index is 0.00262. The van der Waals surface area contributed by atoms with Crippen molar-refractivity contribution in [1.29, 1.82) is 0 Å². The molecule has 1 amide bonds. The van der Waals surface area contributed by atoms with E-state index in [9.17, 15) is 4.79 Å². The number of carbonyl (C=O) groups excluding carboxylic acids is 1. The smallest absolute Gasteiger partial charge is 0.241 e. The van der Waals surface area contributed by atoms with Crippen molar-refractivity contribution in [3.63, 3.8) is 0 Å². The maximum absolute atomic E-state index is 12.1. The van der Waals surface area contributed by atoms with E-state index < -0.39 is 0 Å². The molecule has 7 nitrogen and oxygen atoms in total. The molecule has 1 aromatic carbocycles. The van der Waals surface area contributed by atoms with Crippen LogP contribution in [-0.2, 0) is 11.3 Å². The van der Waals surface area contributed by atoms with Crippen molar-refractivity contribution in [3.05, 3.63) is 60.1 Å². The van der Waals surface area contributed by atoms with Crippen molar-refractivity contribution in [2.45, 2.75) is 31.8 Å². The number of amides is 1. The minimum atomic E-state index is 0.00262. The van der Waals surface area contributed by atoms with Gasteiger partial charge in [-0.3, -0.25) is 9.69 Å². The van der Waals surface area contributed by atoms with Gasteiger partial charge in [-0.1, -0.05) is 36.8 Å². The summed E-state index contributed by atoms with van der Waals surface area (Å²) in [5, 5.41) is 6.61. The molecule has 1 aromatic heterocycles. The van der Waals surface area contributed by atoms with Crippen molar-refractivity contribution in [1.82, 2.24) is 20.4 Å². The number of furan rings is 1. The van der Waals surface area contributed by atoms with Crippen molar-refractivity contribution in [2.75, 3.05) is 40.3 Å². The van der Waals surface area contributed by atoms with Crippen molar-refractivity contribution in [2.24, 2.45) is 4.99 Å². The molecule has 1 atom stereocenters. The minimum Gasteiger partial charge on any atom is -0.468 e. The first-order valence-electron chi connectivity index (χ1n) is 10.7. The SMILES string of the molecule is CN(C)C(=O)CNC(=NCc1ccccc1)NCC(c1ccco1)N1CCCCC1. The van der Waals surface area contributed by atoms with E-state index in [1.165, 1.54) is 19.3 Å². The van der Waals surface area contributed by atoms with Crippen molar-refractivity contribution >= 4 is 11.9 Å². The van der Waals surface area contributed by atoms with Crippen molar-refractivity contribution < 1.29 is 9.21 Å². The molecule has 1 saturated heterocycles. The lowest BCUT2D eigenvalue weighted by Crippen LogP contribution is -2.46. The van der Waals surface area contributed by atoms with Gasteiger partial charge in [0.25, 0.3) is 0 Å². The van der Waals surface area contributed by atoms with Gasteiger partial charge in [-0.2, -0.15) is 0 Å². The number of guanidine groups is 1. The summed E-state index contributed by atoms with van der Waals surface area (Å²) in [5.41, 5.74) is 1.12. The van der Waals surface area contributed by atoms with E-state index in [0.717, 1.165) is 24.4 Å². The quantitative estimate of drug-likeness (QED) is 0.516. The van der Waals surface area contributed by atoms with Crippen LogP contribution in [0.2, 0.25) is 0 Å². The van der Waals surface area contributed by atoms with Gasteiger partial charge in [0.05, 0.1) is 25.4 Å². The van der Waals surface area contributed by atoms with Crippen LogP contribution in [-0.4, -0.2) is 61.9 Å². The Labute approximate surface area is 179 Å². The van der Waals surface area contributed by atoms with Crippen LogP contribution in [0.15, 0.2) is 58.1 Å². The summed E-state index contributed by atoms with van der Waals surface area (Å²) in [6.45, 7) is 3.53. The summed E-state index contributed by atoms with van der Waals surface area (Å²) in [6, 6.07) is 14.2. The van der Waals surface area contributed by atoms with Gasteiger partial charge in [0.1, 0.15) is 5.76 Å². The average Bonchev–Trinajstić information content (AvgIpc) is 3.31. The zero-order chi connectivity index (χ0) is 21.2. The molecule has 0 bridgehead atoms. The first-order chi connectivity index (χ1) is 14.6. The second-order valence-corrected chi connectivity index (χ2v) is 7.80. The molecule has 2 heterocycles. The van der Waals surface area contributed by atoms with E-state index in [1.54, 1.807) is 25.3 Å². The van der Waals surface area contributed by atoms with Crippen LogP contribution in [0.1, 0.15) is 36.6 Å². The molecular weight excluding hydrogens is 378 g/mol. The highest BCUT2D eigenvalue weighted by Crippen LogP contribution is 2.24. The van der Waals surface area contributed by atoms with Crippen LogP contribution >= 0.6 is 0 Å². The Kier molecular flexibility index (Phi) is 8.32. The Hall–Kier alpha value is -2.80. The summed E-state index contributed by atoms with van der Waals surface area (Å²) in [4.78, 5) is 20.8. The topological polar surface area (TPSA) is 73.1 Å². The number of aliphatic imine (C=N–C) groups is 1. The van der Waals surface area contributed by atoms with E-state index in [0.29, 0.717) is 19.0 Å². The maximum atomic E-state index is 12.1. The molecule has 1 unspecified atom stereocenters. The van der Waals surface area contributed by atoms with Gasteiger partial charge in [0.15, 0.2) is 5.96 Å². The van der Waals surface area contributed by atoms with E-state index in [-0.39, 0.29) is 18.5 Å². The van der Waals surface area contributed by atoms with Gasteiger partial charge in [-0.25, -0.2) is 4.99 Å². The largest absolute Gasteiger partial charge is 0.468 e. The number of likely N-dealkylation sites (tertiary alicyclic amines) is 1. The van der Waals surface area contributed by atoms with Gasteiger partial charge in [-0.05, 0) is 43.6 Å². The first kappa shape index (κ1) is 21.9. The third-order valence-electron chi connectivity index (χ3n) is 5.33. The molecule has 162 valence electrons. The zero-order valence-corrected chi connectivity index (χ0v) is 18.0. The van der Waals surface area contributed by atoms with Gasteiger partial charge in [0, 0.05) is 20.6 Å². The lowest BCUT2D eigenvalue weighted by atomic mass is 10.1. The fourth-order valence-corrected chi connectivity index (χ4v) is 3.56. The predicted octanol–water partition coefficient (Wildman–Crippen LogP) is 2.63. The molecule has 0 saturated carbocycles. The number of nitrogens with zero attached hydrogens (tertiary/aromatic N) is 3. The molecule has 7 heteroatoms. The Bertz CT molecular complexity index is 783. The van der Waals surface area contributed by atoms with Gasteiger partial charge in [-0.15, -0.1) is 0 Å².